The van der Waals surface area contributed by atoms with Gasteiger partial charge >= 0.3 is 17.9 Å². The predicted molar refractivity (Wildman–Crippen MR) is 325 cm³/mol. The number of unbranched alkanes of at least 4 members (excludes halogenated alkanes) is 18. The molecule has 0 N–H and O–H groups in total. The molecule has 1 atom stereocenters. The zero-order chi connectivity index (χ0) is 54.3. The summed E-state index contributed by atoms with van der Waals surface area (Å²) in [4.78, 5) is 38.2. The smallest absolute Gasteiger partial charge is 0.306 e. The molecule has 0 aliphatic rings. The fraction of sp³-hybridized carbons (Fsp3) is 0.609. The fourth-order valence-electron chi connectivity index (χ4n) is 7.84. The minimum absolute atomic E-state index is 0.114. The average molecular weight is 1040 g/mol. The summed E-state index contributed by atoms with van der Waals surface area (Å²) >= 11 is 0. The van der Waals surface area contributed by atoms with E-state index in [2.05, 4.69) is 154 Å². The van der Waals surface area contributed by atoms with Gasteiger partial charge < -0.3 is 14.2 Å². The second-order valence-corrected chi connectivity index (χ2v) is 19.5. The van der Waals surface area contributed by atoms with Crippen molar-refractivity contribution in [3.63, 3.8) is 0 Å². The van der Waals surface area contributed by atoms with E-state index >= 15 is 0 Å². The van der Waals surface area contributed by atoms with E-state index in [9.17, 15) is 14.4 Å². The van der Waals surface area contributed by atoms with Gasteiger partial charge in [-0.05, 0) is 128 Å². The Morgan fingerprint density at radius 2 is 0.547 bits per heavy atom. The highest BCUT2D eigenvalue weighted by atomic mass is 16.6. The van der Waals surface area contributed by atoms with Crippen molar-refractivity contribution >= 4 is 17.9 Å². The van der Waals surface area contributed by atoms with Crippen molar-refractivity contribution in [1.29, 1.82) is 0 Å². The molecule has 0 spiro atoms. The van der Waals surface area contributed by atoms with Crippen molar-refractivity contribution in [1.82, 2.24) is 0 Å². The molecule has 75 heavy (non-hydrogen) atoms. The Morgan fingerprint density at radius 1 is 0.280 bits per heavy atom. The van der Waals surface area contributed by atoms with Crippen LogP contribution in [0.2, 0.25) is 0 Å². The van der Waals surface area contributed by atoms with Crippen LogP contribution in [0.5, 0.6) is 0 Å². The largest absolute Gasteiger partial charge is 0.462 e. The van der Waals surface area contributed by atoms with Gasteiger partial charge in [0, 0.05) is 19.3 Å². The second kappa shape index (κ2) is 61.8. The van der Waals surface area contributed by atoms with Gasteiger partial charge in [-0.25, -0.2) is 0 Å². The van der Waals surface area contributed by atoms with Crippen LogP contribution >= 0.6 is 0 Å². The summed E-state index contributed by atoms with van der Waals surface area (Å²) in [6, 6.07) is 0. The van der Waals surface area contributed by atoms with E-state index in [4.69, 9.17) is 14.2 Å². The number of esters is 3. The van der Waals surface area contributed by atoms with Crippen molar-refractivity contribution in [3.05, 3.63) is 146 Å². The summed E-state index contributed by atoms with van der Waals surface area (Å²) in [6.07, 6.45) is 88.6. The van der Waals surface area contributed by atoms with Gasteiger partial charge in [-0.15, -0.1) is 0 Å². The average Bonchev–Trinajstić information content (AvgIpc) is 3.41. The topological polar surface area (TPSA) is 78.9 Å². The zero-order valence-electron chi connectivity index (χ0n) is 48.3. The first kappa shape index (κ1) is 70.3. The molecular weight excluding hydrogens is 925 g/mol. The number of rotatable bonds is 53. The maximum atomic E-state index is 12.9. The third kappa shape index (κ3) is 60.0. The van der Waals surface area contributed by atoms with E-state index in [-0.39, 0.29) is 37.5 Å². The molecular formula is C69H110O6. The van der Waals surface area contributed by atoms with Crippen molar-refractivity contribution < 1.29 is 28.6 Å². The number of hydrogen-bond acceptors (Lipinski definition) is 6. The van der Waals surface area contributed by atoms with Crippen LogP contribution in [-0.4, -0.2) is 37.2 Å². The highest BCUT2D eigenvalue weighted by molar-refractivity contribution is 5.71. The van der Waals surface area contributed by atoms with Crippen LogP contribution in [0.3, 0.4) is 0 Å². The van der Waals surface area contributed by atoms with Crippen LogP contribution in [0.1, 0.15) is 252 Å². The summed E-state index contributed by atoms with van der Waals surface area (Å²) in [5.41, 5.74) is 0. The molecule has 0 aliphatic heterocycles. The number of ether oxygens (including phenoxy) is 3. The van der Waals surface area contributed by atoms with Gasteiger partial charge in [0.15, 0.2) is 6.10 Å². The van der Waals surface area contributed by atoms with Gasteiger partial charge in [0.05, 0.1) is 0 Å². The molecule has 0 radical (unpaired) electrons. The summed E-state index contributed by atoms with van der Waals surface area (Å²) in [5, 5.41) is 0. The zero-order valence-corrected chi connectivity index (χ0v) is 48.3. The third-order valence-corrected chi connectivity index (χ3v) is 12.3. The van der Waals surface area contributed by atoms with E-state index in [1.807, 2.05) is 12.2 Å². The highest BCUT2D eigenvalue weighted by Crippen LogP contribution is 2.14. The maximum Gasteiger partial charge on any atom is 0.306 e. The van der Waals surface area contributed by atoms with E-state index in [1.165, 1.54) is 77.0 Å². The van der Waals surface area contributed by atoms with Gasteiger partial charge in [-0.3, -0.25) is 14.4 Å². The first-order chi connectivity index (χ1) is 37.0. The number of allylic oxidation sites excluding steroid dienone is 24. The van der Waals surface area contributed by atoms with Gasteiger partial charge in [0.2, 0.25) is 0 Å². The SMILES string of the molecule is CC/C=C\C/C=C\C/C=C\C/C=C\C/C=C\CCCCCCCCCCCC(=O)OCC(COC(=O)CC/C=C\C/C=C\C/C=C\C/C=C\CC)OC(=O)CCCCCCCC/C=C\C/C=C\C/C=C\CCCCC. The Kier molecular flexibility index (Phi) is 58.0. The lowest BCUT2D eigenvalue weighted by Gasteiger charge is -2.18. The van der Waals surface area contributed by atoms with Crippen LogP contribution in [0.25, 0.3) is 0 Å². The van der Waals surface area contributed by atoms with Crippen molar-refractivity contribution in [3.8, 4) is 0 Å². The molecule has 0 fully saturated rings. The Hall–Kier alpha value is -4.71. The van der Waals surface area contributed by atoms with Crippen LogP contribution in [0, 0.1) is 0 Å². The summed E-state index contributed by atoms with van der Waals surface area (Å²) in [5.74, 6) is -1.02. The summed E-state index contributed by atoms with van der Waals surface area (Å²) < 4.78 is 16.8. The molecule has 1 unspecified atom stereocenters. The normalized spacial score (nSPS) is 13.2. The second-order valence-electron chi connectivity index (χ2n) is 19.5. The van der Waals surface area contributed by atoms with Gasteiger partial charge in [0.1, 0.15) is 13.2 Å². The Bertz CT molecular complexity index is 1660. The van der Waals surface area contributed by atoms with Crippen LogP contribution < -0.4 is 0 Å². The van der Waals surface area contributed by atoms with Crippen LogP contribution in [0.4, 0.5) is 0 Å². The van der Waals surface area contributed by atoms with Gasteiger partial charge in [-0.2, -0.15) is 0 Å². The lowest BCUT2D eigenvalue weighted by atomic mass is 10.1. The monoisotopic (exact) mass is 1030 g/mol. The molecule has 0 bridgehead atoms. The minimum Gasteiger partial charge on any atom is -0.462 e. The Balaban J connectivity index is 4.44. The number of carbonyl (C=O) groups is 3. The molecule has 0 heterocycles. The van der Waals surface area contributed by atoms with E-state index in [1.54, 1.807) is 0 Å². The number of hydrogen-bond donors (Lipinski definition) is 0. The molecule has 422 valence electrons. The molecule has 0 aliphatic carbocycles. The third-order valence-electron chi connectivity index (χ3n) is 12.3. The molecule has 6 nitrogen and oxygen atoms in total. The molecule has 0 aromatic heterocycles. The molecule has 6 heteroatoms. The fourth-order valence-corrected chi connectivity index (χ4v) is 7.84. The number of carbonyl (C=O) groups excluding carboxylic acids is 3. The molecule has 0 aromatic carbocycles. The maximum absolute atomic E-state index is 12.9. The first-order valence-corrected chi connectivity index (χ1v) is 30.3. The molecule has 0 saturated heterocycles. The molecule has 0 rings (SSSR count). The van der Waals surface area contributed by atoms with Crippen molar-refractivity contribution in [2.75, 3.05) is 13.2 Å². The predicted octanol–water partition coefficient (Wildman–Crippen LogP) is 20.8. The highest BCUT2D eigenvalue weighted by Gasteiger charge is 2.19. The van der Waals surface area contributed by atoms with E-state index < -0.39 is 6.10 Å². The molecule has 0 amide bonds. The quantitative estimate of drug-likeness (QED) is 0.0261. The lowest BCUT2D eigenvalue weighted by Crippen LogP contribution is -2.30. The minimum atomic E-state index is -0.824. The van der Waals surface area contributed by atoms with E-state index in [0.717, 1.165) is 128 Å². The standard InChI is InChI=1S/C69H110O6/c1-4-7-10-13-16-19-22-25-27-29-31-32-33-34-35-36-38-39-41-44-47-50-53-56-59-62-68(71)74-65-66(64-73-67(70)61-58-55-52-49-46-43-24-21-18-15-12-9-6-3)75-69(72)63-60-57-54-51-48-45-42-40-37-30-28-26-23-20-17-14-11-8-5-2/h7,9-10,12,16-21,25-28,31-32,34-35,37,40,43,46,52,55,66H,4-6,8,11,13-15,22-24,29-30,33,36,38-39,41-42,44-45,47-51,53-54,56-65H2,1-3H3/b10-7-,12-9-,19-16-,20-17-,21-18-,27-25-,28-26-,32-31-,35-34-,40-37-,46-43-,55-52-. The first-order valence-electron chi connectivity index (χ1n) is 30.3. The lowest BCUT2D eigenvalue weighted by molar-refractivity contribution is -0.166. The summed E-state index contributed by atoms with van der Waals surface area (Å²) in [6.45, 7) is 6.30. The van der Waals surface area contributed by atoms with Gasteiger partial charge in [0.25, 0.3) is 0 Å². The van der Waals surface area contributed by atoms with Crippen molar-refractivity contribution in [2.45, 2.75) is 258 Å². The van der Waals surface area contributed by atoms with E-state index in [0.29, 0.717) is 19.3 Å². The molecule has 0 aromatic rings. The Labute approximate surface area is 461 Å². The van der Waals surface area contributed by atoms with Gasteiger partial charge in [-0.1, -0.05) is 250 Å². The van der Waals surface area contributed by atoms with Crippen LogP contribution in [0.15, 0.2) is 146 Å². The summed E-state index contributed by atoms with van der Waals surface area (Å²) in [7, 11) is 0. The van der Waals surface area contributed by atoms with Crippen LogP contribution in [-0.2, 0) is 28.6 Å². The van der Waals surface area contributed by atoms with Crippen molar-refractivity contribution in [2.24, 2.45) is 0 Å². The molecule has 0 saturated carbocycles. The Morgan fingerprint density at radius 3 is 0.893 bits per heavy atom.